The van der Waals surface area contributed by atoms with Crippen LogP contribution >= 0.6 is 11.8 Å². The minimum absolute atomic E-state index is 0.0474. The average molecular weight is 270 g/mol. The van der Waals surface area contributed by atoms with Gasteiger partial charge in [0.1, 0.15) is 5.82 Å². The second kappa shape index (κ2) is 7.77. The van der Waals surface area contributed by atoms with Gasteiger partial charge in [0.05, 0.1) is 6.04 Å². The van der Waals surface area contributed by atoms with E-state index in [2.05, 4.69) is 11.2 Å². The summed E-state index contributed by atoms with van der Waals surface area (Å²) in [6, 6.07) is 6.83. The summed E-state index contributed by atoms with van der Waals surface area (Å²) < 4.78 is 13.9. The highest BCUT2D eigenvalue weighted by molar-refractivity contribution is 7.98. The summed E-state index contributed by atoms with van der Waals surface area (Å²) in [5, 5.41) is 0. The fraction of sp³-hybridized carbons (Fsp3) is 0.571. The lowest BCUT2D eigenvalue weighted by atomic mass is 9.96. The van der Waals surface area contributed by atoms with Crippen LogP contribution in [-0.4, -0.2) is 36.5 Å². The zero-order chi connectivity index (χ0) is 13.5. The fourth-order valence-electron chi connectivity index (χ4n) is 2.11. The van der Waals surface area contributed by atoms with Crippen LogP contribution in [0, 0.1) is 5.82 Å². The van der Waals surface area contributed by atoms with E-state index in [0.717, 1.165) is 18.7 Å². The molecular formula is C14H23FN2S. The van der Waals surface area contributed by atoms with Gasteiger partial charge in [0.15, 0.2) is 0 Å². The Hall–Kier alpha value is -0.580. The van der Waals surface area contributed by atoms with Crippen molar-refractivity contribution in [3.05, 3.63) is 35.6 Å². The molecule has 2 atom stereocenters. The van der Waals surface area contributed by atoms with Gasteiger partial charge < -0.3 is 5.73 Å². The molecule has 18 heavy (non-hydrogen) atoms. The molecule has 1 rings (SSSR count). The Morgan fingerprint density at radius 1 is 1.39 bits per heavy atom. The van der Waals surface area contributed by atoms with E-state index in [1.54, 1.807) is 17.8 Å². The molecule has 0 aliphatic rings. The number of likely N-dealkylation sites (N-methyl/N-ethyl adjacent to an activating group) is 1. The van der Waals surface area contributed by atoms with Crippen LogP contribution in [0.4, 0.5) is 4.39 Å². The Labute approximate surface area is 114 Å². The molecule has 0 bridgehead atoms. The van der Waals surface area contributed by atoms with Gasteiger partial charge in [-0.05, 0) is 25.8 Å². The lowest BCUT2D eigenvalue weighted by Gasteiger charge is -2.32. The Morgan fingerprint density at radius 3 is 2.61 bits per heavy atom. The van der Waals surface area contributed by atoms with E-state index in [4.69, 9.17) is 5.73 Å². The van der Waals surface area contributed by atoms with Crippen molar-refractivity contribution in [1.82, 2.24) is 4.90 Å². The van der Waals surface area contributed by atoms with Crippen LogP contribution in [-0.2, 0) is 0 Å². The minimum atomic E-state index is -0.164. The zero-order valence-corrected chi connectivity index (χ0v) is 12.2. The SMILES string of the molecule is CCC(N)C(c1ccccc1F)N(C)CCSC. The third kappa shape index (κ3) is 3.97. The van der Waals surface area contributed by atoms with Crippen LogP contribution in [0.15, 0.2) is 24.3 Å². The molecule has 0 saturated carbocycles. The molecule has 4 heteroatoms. The number of rotatable bonds is 7. The van der Waals surface area contributed by atoms with E-state index in [0.29, 0.717) is 5.56 Å². The molecule has 1 aromatic rings. The van der Waals surface area contributed by atoms with Crippen LogP contribution < -0.4 is 5.73 Å². The molecule has 0 aliphatic carbocycles. The summed E-state index contributed by atoms with van der Waals surface area (Å²) in [6.07, 6.45) is 2.91. The fourth-order valence-corrected chi connectivity index (χ4v) is 2.58. The topological polar surface area (TPSA) is 29.3 Å². The Balaban J connectivity index is 2.94. The predicted molar refractivity (Wildman–Crippen MR) is 78.4 cm³/mol. The van der Waals surface area contributed by atoms with Crippen molar-refractivity contribution in [2.24, 2.45) is 5.73 Å². The molecule has 102 valence electrons. The second-order valence-electron chi connectivity index (χ2n) is 4.51. The number of hydrogen-bond acceptors (Lipinski definition) is 3. The molecule has 0 aliphatic heterocycles. The van der Waals surface area contributed by atoms with Crippen LogP contribution in [0.5, 0.6) is 0 Å². The first-order valence-corrected chi connectivity index (χ1v) is 7.70. The zero-order valence-electron chi connectivity index (χ0n) is 11.4. The number of thioether (sulfide) groups is 1. The molecule has 0 saturated heterocycles. The van der Waals surface area contributed by atoms with Crippen molar-refractivity contribution in [2.45, 2.75) is 25.4 Å². The molecule has 0 spiro atoms. The number of nitrogens with two attached hydrogens (primary N) is 1. The van der Waals surface area contributed by atoms with Gasteiger partial charge in [-0.15, -0.1) is 0 Å². The van der Waals surface area contributed by atoms with E-state index in [9.17, 15) is 4.39 Å². The highest BCUT2D eigenvalue weighted by Gasteiger charge is 2.25. The maximum Gasteiger partial charge on any atom is 0.128 e. The largest absolute Gasteiger partial charge is 0.326 e. The van der Waals surface area contributed by atoms with Gasteiger partial charge in [0.25, 0.3) is 0 Å². The number of nitrogens with zero attached hydrogens (tertiary/aromatic N) is 1. The molecule has 0 heterocycles. The smallest absolute Gasteiger partial charge is 0.128 e. The maximum absolute atomic E-state index is 13.9. The molecule has 1 aromatic carbocycles. The number of benzene rings is 1. The van der Waals surface area contributed by atoms with E-state index >= 15 is 0 Å². The quantitative estimate of drug-likeness (QED) is 0.826. The lowest BCUT2D eigenvalue weighted by molar-refractivity contribution is 0.216. The van der Waals surface area contributed by atoms with Gasteiger partial charge in [-0.3, -0.25) is 4.90 Å². The van der Waals surface area contributed by atoms with Gasteiger partial charge in [0.2, 0.25) is 0 Å². The maximum atomic E-state index is 13.9. The van der Waals surface area contributed by atoms with Crippen LogP contribution in [0.25, 0.3) is 0 Å². The van der Waals surface area contributed by atoms with Crippen molar-refractivity contribution in [2.75, 3.05) is 25.6 Å². The summed E-state index contributed by atoms with van der Waals surface area (Å²) in [6.45, 7) is 2.95. The van der Waals surface area contributed by atoms with Crippen LogP contribution in [0.2, 0.25) is 0 Å². The normalized spacial score (nSPS) is 14.8. The van der Waals surface area contributed by atoms with Gasteiger partial charge in [-0.1, -0.05) is 25.1 Å². The molecule has 2 nitrogen and oxygen atoms in total. The standard InChI is InChI=1S/C14H23FN2S/c1-4-13(16)14(17(2)9-10-18-3)11-7-5-6-8-12(11)15/h5-8,13-14H,4,9-10,16H2,1-3H3. The Kier molecular flexibility index (Phi) is 6.68. The van der Waals surface area contributed by atoms with E-state index in [1.165, 1.54) is 6.07 Å². The number of halogens is 1. The predicted octanol–water partition coefficient (Wildman–Crippen LogP) is 2.90. The van der Waals surface area contributed by atoms with Crippen molar-refractivity contribution in [3.8, 4) is 0 Å². The molecule has 0 radical (unpaired) electrons. The first kappa shape index (κ1) is 15.5. The van der Waals surface area contributed by atoms with E-state index < -0.39 is 0 Å². The summed E-state index contributed by atoms with van der Waals surface area (Å²) in [5.74, 6) is 0.861. The molecule has 2 N–H and O–H groups in total. The minimum Gasteiger partial charge on any atom is -0.326 e. The lowest BCUT2D eigenvalue weighted by Crippen LogP contribution is -2.40. The molecule has 0 amide bonds. The first-order valence-electron chi connectivity index (χ1n) is 6.31. The Morgan fingerprint density at radius 2 is 2.06 bits per heavy atom. The van der Waals surface area contributed by atoms with Crippen molar-refractivity contribution in [1.29, 1.82) is 0 Å². The molecular weight excluding hydrogens is 247 g/mol. The summed E-state index contributed by atoms with van der Waals surface area (Å²) in [7, 11) is 2.02. The summed E-state index contributed by atoms with van der Waals surface area (Å²) >= 11 is 1.79. The van der Waals surface area contributed by atoms with E-state index in [1.807, 2.05) is 26.1 Å². The second-order valence-corrected chi connectivity index (χ2v) is 5.50. The third-order valence-corrected chi connectivity index (χ3v) is 3.81. The van der Waals surface area contributed by atoms with Crippen molar-refractivity contribution < 1.29 is 4.39 Å². The Bertz CT molecular complexity index is 359. The number of hydrogen-bond donors (Lipinski definition) is 1. The average Bonchev–Trinajstić information content (AvgIpc) is 2.38. The molecule has 2 unspecified atom stereocenters. The summed E-state index contributed by atoms with van der Waals surface area (Å²) in [5.41, 5.74) is 6.88. The first-order chi connectivity index (χ1) is 8.61. The third-order valence-electron chi connectivity index (χ3n) is 3.22. The highest BCUT2D eigenvalue weighted by Crippen LogP contribution is 2.26. The van der Waals surface area contributed by atoms with Gasteiger partial charge >= 0.3 is 0 Å². The van der Waals surface area contributed by atoms with E-state index in [-0.39, 0.29) is 17.9 Å². The van der Waals surface area contributed by atoms with Gasteiger partial charge in [0, 0.05) is 23.9 Å². The van der Waals surface area contributed by atoms with Gasteiger partial charge in [-0.2, -0.15) is 11.8 Å². The van der Waals surface area contributed by atoms with Crippen molar-refractivity contribution >= 4 is 11.8 Å². The highest BCUT2D eigenvalue weighted by atomic mass is 32.2. The molecule has 0 fully saturated rings. The van der Waals surface area contributed by atoms with Crippen LogP contribution in [0.1, 0.15) is 24.9 Å². The van der Waals surface area contributed by atoms with Gasteiger partial charge in [-0.25, -0.2) is 4.39 Å². The summed E-state index contributed by atoms with van der Waals surface area (Å²) in [4.78, 5) is 2.16. The van der Waals surface area contributed by atoms with Crippen molar-refractivity contribution in [3.63, 3.8) is 0 Å². The van der Waals surface area contributed by atoms with Crippen LogP contribution in [0.3, 0.4) is 0 Å². The molecule has 0 aromatic heterocycles. The monoisotopic (exact) mass is 270 g/mol.